The molecule has 2 heteroatoms. The highest BCUT2D eigenvalue weighted by Crippen LogP contribution is 1.99. The number of nitrogens with zero attached hydrogens (tertiary/aromatic N) is 1. The summed E-state index contributed by atoms with van der Waals surface area (Å²) in [6, 6.07) is 0. The Hall–Kier alpha value is -1.83. The maximum Gasteiger partial charge on any atom is 0.0561 e. The zero-order valence-corrected chi connectivity index (χ0v) is 9.85. The van der Waals surface area contributed by atoms with Gasteiger partial charge in [-0.15, -0.1) is 0 Å². The summed E-state index contributed by atoms with van der Waals surface area (Å²) in [7, 11) is 0. The second-order valence-electron chi connectivity index (χ2n) is 3.34. The van der Waals surface area contributed by atoms with E-state index in [-0.39, 0.29) is 0 Å². The van der Waals surface area contributed by atoms with E-state index in [1.165, 1.54) is 5.57 Å². The van der Waals surface area contributed by atoms with Gasteiger partial charge in [-0.2, -0.15) is 5.10 Å². The molecule has 0 saturated carbocycles. The topological polar surface area (TPSA) is 24.4 Å². The number of hydrogen-bond donors (Lipinski definition) is 1. The van der Waals surface area contributed by atoms with Gasteiger partial charge in [0.1, 0.15) is 0 Å². The number of hydrogen-bond acceptors (Lipinski definition) is 2. The third-order valence-corrected chi connectivity index (χ3v) is 2.20. The zero-order valence-electron chi connectivity index (χ0n) is 9.85. The molecule has 0 spiro atoms. The molecule has 0 amide bonds. The van der Waals surface area contributed by atoms with E-state index >= 15 is 0 Å². The summed E-state index contributed by atoms with van der Waals surface area (Å²) in [6.07, 6.45) is 18.8. The molecule has 0 saturated heterocycles. The van der Waals surface area contributed by atoms with Crippen molar-refractivity contribution in [2.24, 2.45) is 5.10 Å². The zero-order chi connectivity index (χ0) is 11.6. The lowest BCUT2D eigenvalue weighted by atomic mass is 10.2. The Morgan fingerprint density at radius 2 is 2.00 bits per heavy atom. The molecule has 1 aliphatic rings. The van der Waals surface area contributed by atoms with Crippen LogP contribution in [0.2, 0.25) is 0 Å². The largest absolute Gasteiger partial charge is 0.279 e. The second kappa shape index (κ2) is 7.46. The van der Waals surface area contributed by atoms with Gasteiger partial charge in [0.05, 0.1) is 11.9 Å². The minimum Gasteiger partial charge on any atom is -0.279 e. The summed E-state index contributed by atoms with van der Waals surface area (Å²) in [5.41, 5.74) is 5.20. The van der Waals surface area contributed by atoms with E-state index in [1.807, 2.05) is 55.7 Å². The Balaban J connectivity index is 2.55. The number of allylic oxidation sites excluding steroid dienone is 9. The molecule has 2 nitrogen and oxygen atoms in total. The first-order valence-corrected chi connectivity index (χ1v) is 5.52. The molecule has 16 heavy (non-hydrogen) atoms. The molecule has 0 unspecified atom stereocenters. The highest BCUT2D eigenvalue weighted by atomic mass is 15.3. The summed E-state index contributed by atoms with van der Waals surface area (Å²) in [4.78, 5) is 0. The van der Waals surface area contributed by atoms with Crippen molar-refractivity contribution in [3.63, 3.8) is 0 Å². The van der Waals surface area contributed by atoms with Crippen LogP contribution in [-0.2, 0) is 0 Å². The first kappa shape index (κ1) is 12.2. The van der Waals surface area contributed by atoms with Crippen LogP contribution in [0.3, 0.4) is 0 Å². The van der Waals surface area contributed by atoms with Crippen molar-refractivity contribution in [2.45, 2.75) is 20.3 Å². The Bertz CT molecular complexity index is 380. The van der Waals surface area contributed by atoms with Crippen LogP contribution in [0.4, 0.5) is 0 Å². The Morgan fingerprint density at radius 1 is 1.25 bits per heavy atom. The lowest BCUT2D eigenvalue weighted by molar-refractivity contribution is 0.921. The van der Waals surface area contributed by atoms with Crippen molar-refractivity contribution in [3.05, 3.63) is 59.9 Å². The van der Waals surface area contributed by atoms with E-state index in [0.717, 1.165) is 12.1 Å². The molecule has 1 rings (SSSR count). The lowest BCUT2D eigenvalue weighted by Crippen LogP contribution is -2.03. The van der Waals surface area contributed by atoms with E-state index in [0.29, 0.717) is 0 Å². The van der Waals surface area contributed by atoms with E-state index in [2.05, 4.69) is 23.5 Å². The van der Waals surface area contributed by atoms with Gasteiger partial charge in [0, 0.05) is 0 Å². The fourth-order valence-corrected chi connectivity index (χ4v) is 1.20. The predicted octanol–water partition coefficient (Wildman–Crippen LogP) is 3.48. The molecule has 0 fully saturated rings. The van der Waals surface area contributed by atoms with Gasteiger partial charge in [-0.3, -0.25) is 5.43 Å². The van der Waals surface area contributed by atoms with Crippen LogP contribution in [0, 0.1) is 0 Å². The Kier molecular flexibility index (Phi) is 5.71. The second-order valence-corrected chi connectivity index (χ2v) is 3.34. The molecular formula is C14H18N2. The molecule has 0 heterocycles. The molecule has 0 aromatic carbocycles. The Morgan fingerprint density at radius 3 is 2.75 bits per heavy atom. The van der Waals surface area contributed by atoms with Crippen LogP contribution in [0.15, 0.2) is 65.0 Å². The molecule has 0 aromatic heterocycles. The van der Waals surface area contributed by atoms with Crippen molar-refractivity contribution < 1.29 is 0 Å². The van der Waals surface area contributed by atoms with E-state index in [9.17, 15) is 0 Å². The molecule has 0 aliphatic heterocycles. The van der Waals surface area contributed by atoms with Crippen LogP contribution in [0.25, 0.3) is 0 Å². The minimum absolute atomic E-state index is 0.975. The first-order chi connectivity index (χ1) is 7.86. The molecule has 1 N–H and O–H groups in total. The van der Waals surface area contributed by atoms with Crippen molar-refractivity contribution in [1.29, 1.82) is 0 Å². The summed E-state index contributed by atoms with van der Waals surface area (Å²) in [6.45, 7) is 4.14. The van der Waals surface area contributed by atoms with Crippen LogP contribution in [-0.4, -0.2) is 6.21 Å². The fourth-order valence-electron chi connectivity index (χ4n) is 1.20. The lowest BCUT2D eigenvalue weighted by Gasteiger charge is -2.01. The molecule has 0 bridgehead atoms. The summed E-state index contributed by atoms with van der Waals surface area (Å²) >= 11 is 0. The van der Waals surface area contributed by atoms with Gasteiger partial charge in [-0.05, 0) is 31.1 Å². The summed E-state index contributed by atoms with van der Waals surface area (Å²) in [5, 5.41) is 4.19. The average Bonchev–Trinajstić information content (AvgIpc) is 2.27. The molecule has 0 radical (unpaired) electrons. The molecule has 0 aromatic rings. The van der Waals surface area contributed by atoms with Gasteiger partial charge in [0.25, 0.3) is 0 Å². The van der Waals surface area contributed by atoms with Crippen molar-refractivity contribution in [2.75, 3.05) is 0 Å². The van der Waals surface area contributed by atoms with Crippen LogP contribution < -0.4 is 5.43 Å². The standard InChI is InChI=1S/C14H18N2/c1-3-13(4-2)12-15-16-14-10-8-6-5-7-9-11-14/h3,5-12,16H,4H2,1-2H3/b6-5?,7-5?,8-6?,9-7?,10-8?,11-9?,13-3+,14-10?,14-11?,15-12-. The van der Waals surface area contributed by atoms with Crippen LogP contribution in [0.1, 0.15) is 20.3 Å². The molecule has 84 valence electrons. The van der Waals surface area contributed by atoms with Crippen molar-refractivity contribution in [1.82, 2.24) is 5.43 Å². The van der Waals surface area contributed by atoms with Crippen LogP contribution >= 0.6 is 0 Å². The van der Waals surface area contributed by atoms with Gasteiger partial charge in [0.15, 0.2) is 0 Å². The smallest absolute Gasteiger partial charge is 0.0561 e. The molecule has 0 atom stereocenters. The summed E-state index contributed by atoms with van der Waals surface area (Å²) in [5.74, 6) is 0. The van der Waals surface area contributed by atoms with Gasteiger partial charge < -0.3 is 0 Å². The SMILES string of the molecule is C/C=C(/C=N\NC1=CC=CC=CC=C1)CC. The Labute approximate surface area is 97.4 Å². The average molecular weight is 214 g/mol. The van der Waals surface area contributed by atoms with Gasteiger partial charge >= 0.3 is 0 Å². The minimum atomic E-state index is 0.975. The monoisotopic (exact) mass is 214 g/mol. The number of rotatable bonds is 4. The van der Waals surface area contributed by atoms with E-state index in [1.54, 1.807) is 0 Å². The number of nitrogens with one attached hydrogen (secondary N) is 1. The van der Waals surface area contributed by atoms with E-state index in [4.69, 9.17) is 0 Å². The highest BCUT2D eigenvalue weighted by molar-refractivity contribution is 5.78. The first-order valence-electron chi connectivity index (χ1n) is 5.52. The fraction of sp³-hybridized carbons (Fsp3) is 0.214. The van der Waals surface area contributed by atoms with Gasteiger partial charge in [0.2, 0.25) is 0 Å². The highest BCUT2D eigenvalue weighted by Gasteiger charge is 1.88. The molecular weight excluding hydrogens is 196 g/mol. The summed E-state index contributed by atoms with van der Waals surface area (Å²) < 4.78 is 0. The van der Waals surface area contributed by atoms with Crippen LogP contribution in [0.5, 0.6) is 0 Å². The van der Waals surface area contributed by atoms with E-state index < -0.39 is 0 Å². The van der Waals surface area contributed by atoms with Crippen molar-refractivity contribution in [3.8, 4) is 0 Å². The molecule has 1 aliphatic carbocycles. The maximum absolute atomic E-state index is 4.19. The van der Waals surface area contributed by atoms with Gasteiger partial charge in [-0.25, -0.2) is 0 Å². The van der Waals surface area contributed by atoms with Crippen molar-refractivity contribution >= 4 is 6.21 Å². The third-order valence-electron chi connectivity index (χ3n) is 2.20. The normalized spacial score (nSPS) is 16.1. The van der Waals surface area contributed by atoms with Gasteiger partial charge in [-0.1, -0.05) is 43.4 Å². The quantitative estimate of drug-likeness (QED) is 0.562. The maximum atomic E-state index is 4.19. The third kappa shape index (κ3) is 4.60. The number of hydrazone groups is 1. The predicted molar refractivity (Wildman–Crippen MR) is 71.2 cm³/mol.